The van der Waals surface area contributed by atoms with Crippen LogP contribution in [0.1, 0.15) is 206 Å². The van der Waals surface area contributed by atoms with E-state index in [1.54, 1.807) is 0 Å². The lowest BCUT2D eigenvalue weighted by molar-refractivity contribution is 0.147. The second-order valence-electron chi connectivity index (χ2n) is 11.9. The van der Waals surface area contributed by atoms with Gasteiger partial charge in [-0.25, -0.2) is 0 Å². The summed E-state index contributed by atoms with van der Waals surface area (Å²) in [4.78, 5) is 0. The van der Waals surface area contributed by atoms with Gasteiger partial charge in [-0.3, -0.25) is 0 Å². The quantitative estimate of drug-likeness (QED) is 0.0883. The average Bonchev–Trinajstić information content (AvgIpc) is 2.88. The molecule has 0 radical (unpaired) electrons. The molecular formula is C34H70O2. The minimum absolute atomic E-state index is 0.0433. The third-order valence-electron chi connectivity index (χ3n) is 8.09. The second kappa shape index (κ2) is 32.9. The fraction of sp³-hybridized carbons (Fsp3) is 1.00. The Morgan fingerprint density at radius 3 is 0.806 bits per heavy atom. The Morgan fingerprint density at radius 1 is 0.333 bits per heavy atom. The van der Waals surface area contributed by atoms with Crippen molar-refractivity contribution in [1.82, 2.24) is 0 Å². The molecule has 1 unspecified atom stereocenters. The molecule has 218 valence electrons. The summed E-state index contributed by atoms with van der Waals surface area (Å²) in [5.41, 5.74) is 0. The van der Waals surface area contributed by atoms with Crippen LogP contribution in [-0.4, -0.2) is 22.9 Å². The van der Waals surface area contributed by atoms with Crippen LogP contribution in [0.3, 0.4) is 0 Å². The number of hydrogen-bond donors (Lipinski definition) is 2. The molecule has 0 aromatic carbocycles. The molecule has 2 nitrogen and oxygen atoms in total. The van der Waals surface area contributed by atoms with Crippen molar-refractivity contribution in [3.8, 4) is 0 Å². The van der Waals surface area contributed by atoms with Gasteiger partial charge in [0, 0.05) is 6.61 Å². The van der Waals surface area contributed by atoms with Gasteiger partial charge in [0.25, 0.3) is 0 Å². The van der Waals surface area contributed by atoms with E-state index in [0.29, 0.717) is 6.61 Å². The molecular weight excluding hydrogens is 440 g/mol. The zero-order chi connectivity index (χ0) is 26.2. The number of hydrogen-bond acceptors (Lipinski definition) is 2. The Hall–Kier alpha value is -0.0800. The van der Waals surface area contributed by atoms with Crippen molar-refractivity contribution in [2.24, 2.45) is 0 Å². The standard InChI is InChI=1S/C34H70O2/c1-2-3-4-5-6-7-8-13-16-19-22-25-28-31-34(36)32-29-26-23-20-17-14-11-9-10-12-15-18-21-24-27-30-33-35/h34-36H,2-33H2,1H3. The molecule has 0 heterocycles. The van der Waals surface area contributed by atoms with Crippen molar-refractivity contribution >= 4 is 0 Å². The highest BCUT2D eigenvalue weighted by Gasteiger charge is 2.04. The van der Waals surface area contributed by atoms with Crippen LogP contribution in [0.4, 0.5) is 0 Å². The van der Waals surface area contributed by atoms with Gasteiger partial charge in [0.05, 0.1) is 6.10 Å². The molecule has 0 aliphatic rings. The van der Waals surface area contributed by atoms with Crippen LogP contribution in [-0.2, 0) is 0 Å². The summed E-state index contributed by atoms with van der Waals surface area (Å²) in [6.07, 6.45) is 41.7. The van der Waals surface area contributed by atoms with E-state index in [-0.39, 0.29) is 6.10 Å². The molecule has 0 aliphatic carbocycles. The largest absolute Gasteiger partial charge is 0.396 e. The molecule has 2 heteroatoms. The summed E-state index contributed by atoms with van der Waals surface area (Å²) in [7, 11) is 0. The SMILES string of the molecule is CCCCCCCCCCCCCCCC(O)CCCCCCCCCCCCCCCCCCO. The zero-order valence-corrected chi connectivity index (χ0v) is 25.1. The van der Waals surface area contributed by atoms with E-state index < -0.39 is 0 Å². The maximum atomic E-state index is 10.2. The minimum Gasteiger partial charge on any atom is -0.396 e. The van der Waals surface area contributed by atoms with E-state index in [1.807, 2.05) is 0 Å². The molecule has 0 aliphatic heterocycles. The molecule has 0 saturated carbocycles. The molecule has 0 amide bonds. The van der Waals surface area contributed by atoms with Gasteiger partial charge in [0.1, 0.15) is 0 Å². The summed E-state index contributed by atoms with van der Waals surface area (Å²) in [6, 6.07) is 0. The normalized spacial score (nSPS) is 12.4. The van der Waals surface area contributed by atoms with E-state index in [9.17, 15) is 5.11 Å². The zero-order valence-electron chi connectivity index (χ0n) is 25.1. The Bertz CT molecular complexity index is 370. The van der Waals surface area contributed by atoms with Crippen LogP contribution in [0.15, 0.2) is 0 Å². The van der Waals surface area contributed by atoms with Crippen LogP contribution in [0.25, 0.3) is 0 Å². The van der Waals surface area contributed by atoms with Crippen LogP contribution in [0.2, 0.25) is 0 Å². The summed E-state index contributed by atoms with van der Waals surface area (Å²) in [5, 5.41) is 19.0. The molecule has 0 aromatic rings. The lowest BCUT2D eigenvalue weighted by atomic mass is 10.0. The van der Waals surface area contributed by atoms with E-state index in [1.165, 1.54) is 180 Å². The molecule has 0 rings (SSSR count). The first-order chi connectivity index (χ1) is 17.8. The highest BCUT2D eigenvalue weighted by molar-refractivity contribution is 4.58. The Labute approximate surface area is 228 Å². The highest BCUT2D eigenvalue weighted by atomic mass is 16.3. The summed E-state index contributed by atoms with van der Waals surface area (Å²) >= 11 is 0. The van der Waals surface area contributed by atoms with E-state index in [4.69, 9.17) is 5.11 Å². The van der Waals surface area contributed by atoms with Crippen molar-refractivity contribution in [1.29, 1.82) is 0 Å². The maximum absolute atomic E-state index is 10.2. The number of rotatable bonds is 32. The van der Waals surface area contributed by atoms with Crippen LogP contribution < -0.4 is 0 Å². The van der Waals surface area contributed by atoms with Crippen molar-refractivity contribution in [2.45, 2.75) is 212 Å². The van der Waals surface area contributed by atoms with Crippen molar-refractivity contribution in [3.63, 3.8) is 0 Å². The fourth-order valence-corrected chi connectivity index (χ4v) is 5.51. The van der Waals surface area contributed by atoms with Crippen molar-refractivity contribution < 1.29 is 10.2 Å². The van der Waals surface area contributed by atoms with Gasteiger partial charge in [-0.2, -0.15) is 0 Å². The maximum Gasteiger partial charge on any atom is 0.0540 e. The Kier molecular flexibility index (Phi) is 32.9. The van der Waals surface area contributed by atoms with Crippen molar-refractivity contribution in [3.05, 3.63) is 0 Å². The van der Waals surface area contributed by atoms with E-state index in [0.717, 1.165) is 19.3 Å². The van der Waals surface area contributed by atoms with Gasteiger partial charge < -0.3 is 10.2 Å². The first-order valence-corrected chi connectivity index (χ1v) is 17.1. The molecule has 2 N–H and O–H groups in total. The van der Waals surface area contributed by atoms with Gasteiger partial charge >= 0.3 is 0 Å². The van der Waals surface area contributed by atoms with Crippen LogP contribution in [0, 0.1) is 0 Å². The predicted molar refractivity (Wildman–Crippen MR) is 162 cm³/mol. The van der Waals surface area contributed by atoms with Gasteiger partial charge in [0.15, 0.2) is 0 Å². The molecule has 0 fully saturated rings. The molecule has 0 bridgehead atoms. The third kappa shape index (κ3) is 31.9. The summed E-state index contributed by atoms with van der Waals surface area (Å²) < 4.78 is 0. The third-order valence-corrected chi connectivity index (χ3v) is 8.09. The first-order valence-electron chi connectivity index (χ1n) is 17.1. The van der Waals surface area contributed by atoms with E-state index >= 15 is 0 Å². The number of unbranched alkanes of at least 4 members (excludes halogenated alkanes) is 27. The monoisotopic (exact) mass is 511 g/mol. The molecule has 0 spiro atoms. The highest BCUT2D eigenvalue weighted by Crippen LogP contribution is 2.17. The van der Waals surface area contributed by atoms with Crippen LogP contribution >= 0.6 is 0 Å². The Morgan fingerprint density at radius 2 is 0.556 bits per heavy atom. The van der Waals surface area contributed by atoms with Gasteiger partial charge in [-0.1, -0.05) is 187 Å². The first kappa shape index (κ1) is 35.9. The topological polar surface area (TPSA) is 40.5 Å². The molecule has 1 atom stereocenters. The fourth-order valence-electron chi connectivity index (χ4n) is 5.51. The second-order valence-corrected chi connectivity index (χ2v) is 11.9. The lowest BCUT2D eigenvalue weighted by Gasteiger charge is -2.10. The van der Waals surface area contributed by atoms with Gasteiger partial charge in [-0.15, -0.1) is 0 Å². The average molecular weight is 511 g/mol. The summed E-state index contributed by atoms with van der Waals surface area (Å²) in [6.45, 7) is 2.66. The van der Waals surface area contributed by atoms with Gasteiger partial charge in [-0.05, 0) is 19.3 Å². The summed E-state index contributed by atoms with van der Waals surface area (Å²) in [5.74, 6) is 0. The van der Waals surface area contributed by atoms with Gasteiger partial charge in [0.2, 0.25) is 0 Å². The Balaban J connectivity index is 3.13. The predicted octanol–water partition coefficient (Wildman–Crippen LogP) is 11.5. The molecule has 0 aromatic heterocycles. The lowest BCUT2D eigenvalue weighted by Crippen LogP contribution is -2.05. The number of aliphatic hydroxyl groups is 2. The van der Waals surface area contributed by atoms with Crippen molar-refractivity contribution in [2.75, 3.05) is 6.61 Å². The number of aliphatic hydroxyl groups excluding tert-OH is 2. The van der Waals surface area contributed by atoms with E-state index in [2.05, 4.69) is 6.92 Å². The molecule has 0 saturated heterocycles. The minimum atomic E-state index is -0.0433. The molecule has 36 heavy (non-hydrogen) atoms. The smallest absolute Gasteiger partial charge is 0.0540 e. The van der Waals surface area contributed by atoms with Crippen LogP contribution in [0.5, 0.6) is 0 Å².